The summed E-state index contributed by atoms with van der Waals surface area (Å²) >= 11 is 0. The van der Waals surface area contributed by atoms with Crippen LogP contribution in [0.3, 0.4) is 0 Å². The first kappa shape index (κ1) is 11.8. The van der Waals surface area contributed by atoms with Gasteiger partial charge in [0.15, 0.2) is 0 Å². The standard InChI is InChI=1S/C15H18O2/c1-10(2)13-9-14(16-3)11-7-5-6-8-12(11)15(13)17-4/h5-10H,1-4H3. The van der Waals surface area contributed by atoms with E-state index in [1.54, 1.807) is 14.2 Å². The van der Waals surface area contributed by atoms with Crippen molar-refractivity contribution in [2.75, 3.05) is 14.2 Å². The first-order chi connectivity index (χ1) is 8.19. The van der Waals surface area contributed by atoms with Gasteiger partial charge in [0, 0.05) is 16.3 Å². The van der Waals surface area contributed by atoms with Crippen molar-refractivity contribution in [1.29, 1.82) is 0 Å². The Hall–Kier alpha value is -1.70. The van der Waals surface area contributed by atoms with Crippen molar-refractivity contribution < 1.29 is 9.47 Å². The summed E-state index contributed by atoms with van der Waals surface area (Å²) in [6, 6.07) is 10.2. The van der Waals surface area contributed by atoms with Crippen molar-refractivity contribution in [1.82, 2.24) is 0 Å². The van der Waals surface area contributed by atoms with Crippen LogP contribution in [0.2, 0.25) is 0 Å². The molecule has 0 saturated carbocycles. The molecule has 0 atom stereocenters. The van der Waals surface area contributed by atoms with E-state index in [0.29, 0.717) is 5.92 Å². The lowest BCUT2D eigenvalue weighted by atomic mass is 9.97. The first-order valence-electron chi connectivity index (χ1n) is 5.82. The van der Waals surface area contributed by atoms with E-state index in [0.717, 1.165) is 22.3 Å². The van der Waals surface area contributed by atoms with Gasteiger partial charge in [0.05, 0.1) is 14.2 Å². The average molecular weight is 230 g/mol. The monoisotopic (exact) mass is 230 g/mol. The maximum absolute atomic E-state index is 5.56. The fourth-order valence-electron chi connectivity index (χ4n) is 2.16. The van der Waals surface area contributed by atoms with Crippen LogP contribution in [0.15, 0.2) is 30.3 Å². The Kier molecular flexibility index (Phi) is 3.23. The van der Waals surface area contributed by atoms with E-state index >= 15 is 0 Å². The minimum Gasteiger partial charge on any atom is -0.496 e. The lowest BCUT2D eigenvalue weighted by molar-refractivity contribution is 0.404. The first-order valence-corrected chi connectivity index (χ1v) is 5.82. The molecule has 2 heteroatoms. The minimum absolute atomic E-state index is 0.406. The summed E-state index contributed by atoms with van der Waals surface area (Å²) in [5, 5.41) is 2.20. The fourth-order valence-corrected chi connectivity index (χ4v) is 2.16. The predicted octanol–water partition coefficient (Wildman–Crippen LogP) is 3.98. The topological polar surface area (TPSA) is 18.5 Å². The number of benzene rings is 2. The van der Waals surface area contributed by atoms with Crippen LogP contribution in [0, 0.1) is 0 Å². The van der Waals surface area contributed by atoms with Gasteiger partial charge < -0.3 is 9.47 Å². The van der Waals surface area contributed by atoms with Crippen LogP contribution in [-0.4, -0.2) is 14.2 Å². The molecule has 17 heavy (non-hydrogen) atoms. The number of rotatable bonds is 3. The summed E-state index contributed by atoms with van der Waals surface area (Å²) in [4.78, 5) is 0. The van der Waals surface area contributed by atoms with Crippen LogP contribution in [-0.2, 0) is 0 Å². The fraction of sp³-hybridized carbons (Fsp3) is 0.333. The molecular formula is C15H18O2. The van der Waals surface area contributed by atoms with Crippen LogP contribution in [0.4, 0.5) is 0 Å². The van der Waals surface area contributed by atoms with Crippen molar-refractivity contribution in [3.05, 3.63) is 35.9 Å². The summed E-state index contributed by atoms with van der Waals surface area (Å²) in [5.74, 6) is 2.27. The zero-order chi connectivity index (χ0) is 12.4. The van der Waals surface area contributed by atoms with Gasteiger partial charge in [-0.25, -0.2) is 0 Å². The Morgan fingerprint density at radius 3 is 2.12 bits per heavy atom. The highest BCUT2D eigenvalue weighted by Crippen LogP contribution is 2.39. The quantitative estimate of drug-likeness (QED) is 0.794. The third-order valence-electron chi connectivity index (χ3n) is 3.03. The van der Waals surface area contributed by atoms with E-state index in [1.165, 1.54) is 5.56 Å². The summed E-state index contributed by atoms with van der Waals surface area (Å²) in [7, 11) is 3.43. The number of hydrogen-bond donors (Lipinski definition) is 0. The molecule has 2 nitrogen and oxygen atoms in total. The van der Waals surface area contributed by atoms with Crippen molar-refractivity contribution in [3.63, 3.8) is 0 Å². The Labute approximate surface area is 102 Å². The Morgan fingerprint density at radius 2 is 1.59 bits per heavy atom. The number of fused-ring (bicyclic) bond motifs is 1. The molecule has 0 fully saturated rings. The van der Waals surface area contributed by atoms with Crippen LogP contribution in [0.5, 0.6) is 11.5 Å². The van der Waals surface area contributed by atoms with Gasteiger partial charge in [0.2, 0.25) is 0 Å². The van der Waals surface area contributed by atoms with E-state index in [9.17, 15) is 0 Å². The molecule has 0 N–H and O–H groups in total. The van der Waals surface area contributed by atoms with Crippen LogP contribution < -0.4 is 9.47 Å². The molecule has 2 aromatic carbocycles. The number of hydrogen-bond acceptors (Lipinski definition) is 2. The molecule has 0 bridgehead atoms. The lowest BCUT2D eigenvalue weighted by Crippen LogP contribution is -1.97. The molecule has 0 aliphatic heterocycles. The van der Waals surface area contributed by atoms with E-state index in [4.69, 9.17) is 9.47 Å². The highest BCUT2D eigenvalue weighted by molar-refractivity contribution is 5.94. The molecular weight excluding hydrogens is 212 g/mol. The second kappa shape index (κ2) is 4.66. The molecule has 0 amide bonds. The van der Waals surface area contributed by atoms with Crippen LogP contribution >= 0.6 is 0 Å². The maximum Gasteiger partial charge on any atom is 0.130 e. The van der Waals surface area contributed by atoms with Crippen molar-refractivity contribution in [2.24, 2.45) is 0 Å². The molecule has 0 aliphatic rings. The zero-order valence-electron chi connectivity index (χ0n) is 10.8. The number of methoxy groups -OCH3 is 2. The predicted molar refractivity (Wildman–Crippen MR) is 71.1 cm³/mol. The highest BCUT2D eigenvalue weighted by Gasteiger charge is 2.14. The van der Waals surface area contributed by atoms with Gasteiger partial charge in [-0.3, -0.25) is 0 Å². The summed E-state index contributed by atoms with van der Waals surface area (Å²) in [6.45, 7) is 4.32. The molecule has 0 saturated heterocycles. The summed E-state index contributed by atoms with van der Waals surface area (Å²) in [6.07, 6.45) is 0. The molecule has 0 spiro atoms. The molecule has 90 valence electrons. The van der Waals surface area contributed by atoms with Crippen molar-refractivity contribution in [2.45, 2.75) is 19.8 Å². The van der Waals surface area contributed by atoms with E-state index in [2.05, 4.69) is 32.0 Å². The Morgan fingerprint density at radius 1 is 0.941 bits per heavy atom. The molecule has 2 aromatic rings. The smallest absolute Gasteiger partial charge is 0.130 e. The second-order valence-corrected chi connectivity index (χ2v) is 4.40. The van der Waals surface area contributed by atoms with Crippen molar-refractivity contribution >= 4 is 10.8 Å². The van der Waals surface area contributed by atoms with E-state index in [1.807, 2.05) is 12.1 Å². The zero-order valence-corrected chi connectivity index (χ0v) is 10.8. The normalized spacial score (nSPS) is 10.9. The van der Waals surface area contributed by atoms with Gasteiger partial charge in [-0.15, -0.1) is 0 Å². The van der Waals surface area contributed by atoms with Gasteiger partial charge in [0.25, 0.3) is 0 Å². The molecule has 0 radical (unpaired) electrons. The van der Waals surface area contributed by atoms with Gasteiger partial charge >= 0.3 is 0 Å². The molecule has 0 aliphatic carbocycles. The molecule has 0 heterocycles. The van der Waals surface area contributed by atoms with Gasteiger partial charge in [-0.2, -0.15) is 0 Å². The van der Waals surface area contributed by atoms with E-state index in [-0.39, 0.29) is 0 Å². The van der Waals surface area contributed by atoms with E-state index < -0.39 is 0 Å². The van der Waals surface area contributed by atoms with Crippen LogP contribution in [0.25, 0.3) is 10.8 Å². The molecule has 2 rings (SSSR count). The molecule has 0 unspecified atom stereocenters. The van der Waals surface area contributed by atoms with Crippen molar-refractivity contribution in [3.8, 4) is 11.5 Å². The maximum atomic E-state index is 5.56. The lowest BCUT2D eigenvalue weighted by Gasteiger charge is -2.17. The van der Waals surface area contributed by atoms with Gasteiger partial charge in [0.1, 0.15) is 11.5 Å². The SMILES string of the molecule is COc1cc(C(C)C)c(OC)c2ccccc12. The van der Waals surface area contributed by atoms with Gasteiger partial charge in [-0.1, -0.05) is 38.1 Å². The Bertz CT molecular complexity index is 530. The number of ether oxygens (including phenoxy) is 2. The summed E-state index contributed by atoms with van der Waals surface area (Å²) in [5.41, 5.74) is 1.18. The van der Waals surface area contributed by atoms with Gasteiger partial charge in [-0.05, 0) is 12.0 Å². The largest absolute Gasteiger partial charge is 0.496 e. The third-order valence-corrected chi connectivity index (χ3v) is 3.03. The highest BCUT2D eigenvalue weighted by atomic mass is 16.5. The second-order valence-electron chi connectivity index (χ2n) is 4.40. The average Bonchev–Trinajstić information content (AvgIpc) is 2.36. The minimum atomic E-state index is 0.406. The van der Waals surface area contributed by atoms with Crippen LogP contribution in [0.1, 0.15) is 25.3 Å². The molecule has 0 aromatic heterocycles. The third kappa shape index (κ3) is 1.95. The Balaban J connectivity index is 2.84. The summed E-state index contributed by atoms with van der Waals surface area (Å²) < 4.78 is 11.0.